The molecule has 0 aliphatic rings. The molecule has 0 fully saturated rings. The molecule has 3 heteroatoms. The summed E-state index contributed by atoms with van der Waals surface area (Å²) in [7, 11) is 0. The van der Waals surface area contributed by atoms with Crippen molar-refractivity contribution in [3.05, 3.63) is 72.1 Å². The molecule has 0 saturated carbocycles. The summed E-state index contributed by atoms with van der Waals surface area (Å²) in [6.45, 7) is 2.11. The molecule has 2 aromatic carbocycles. The number of aryl methyl sites for hydroxylation is 1. The van der Waals surface area contributed by atoms with Gasteiger partial charge in [0, 0.05) is 17.1 Å². The summed E-state index contributed by atoms with van der Waals surface area (Å²) in [5.74, 6) is 0. The third-order valence-electron chi connectivity index (χ3n) is 3.32. The highest BCUT2D eigenvalue weighted by Gasteiger charge is 2.07. The first kappa shape index (κ1) is 13.1. The molecule has 0 spiro atoms. The standard InChI is InChI=1S/C17H15BrN2/c1-13-7-8-17(15(9-13)10-18)20-12-16(11-19-20)14-5-3-2-4-6-14/h2-9,11-12H,10H2,1H3. The maximum atomic E-state index is 4.50. The zero-order chi connectivity index (χ0) is 13.9. The van der Waals surface area contributed by atoms with Crippen molar-refractivity contribution in [1.82, 2.24) is 9.78 Å². The fourth-order valence-corrected chi connectivity index (χ4v) is 2.73. The van der Waals surface area contributed by atoms with E-state index in [-0.39, 0.29) is 0 Å². The Morgan fingerprint density at radius 2 is 1.85 bits per heavy atom. The number of benzene rings is 2. The van der Waals surface area contributed by atoms with E-state index in [1.165, 1.54) is 16.7 Å². The molecule has 0 radical (unpaired) electrons. The minimum Gasteiger partial charge on any atom is -0.240 e. The van der Waals surface area contributed by atoms with E-state index in [0.29, 0.717) is 0 Å². The number of alkyl halides is 1. The summed E-state index contributed by atoms with van der Waals surface area (Å²) in [6, 6.07) is 16.7. The van der Waals surface area contributed by atoms with Crippen LogP contribution in [0.1, 0.15) is 11.1 Å². The van der Waals surface area contributed by atoms with Crippen molar-refractivity contribution in [3.63, 3.8) is 0 Å². The number of hydrogen-bond acceptors (Lipinski definition) is 1. The molecule has 1 heterocycles. The highest BCUT2D eigenvalue weighted by Crippen LogP contribution is 2.23. The number of rotatable bonds is 3. The van der Waals surface area contributed by atoms with Crippen LogP contribution in [0.5, 0.6) is 0 Å². The van der Waals surface area contributed by atoms with E-state index in [9.17, 15) is 0 Å². The van der Waals surface area contributed by atoms with Crippen LogP contribution in [0.4, 0.5) is 0 Å². The lowest BCUT2D eigenvalue weighted by atomic mass is 10.1. The summed E-state index contributed by atoms with van der Waals surface area (Å²) in [5.41, 5.74) is 5.94. The van der Waals surface area contributed by atoms with Gasteiger partial charge in [0.2, 0.25) is 0 Å². The van der Waals surface area contributed by atoms with Crippen LogP contribution in [0.25, 0.3) is 16.8 Å². The second-order valence-electron chi connectivity index (χ2n) is 4.81. The van der Waals surface area contributed by atoms with Gasteiger partial charge in [-0.05, 0) is 24.1 Å². The number of nitrogens with zero attached hydrogens (tertiary/aromatic N) is 2. The smallest absolute Gasteiger partial charge is 0.0686 e. The Morgan fingerprint density at radius 1 is 1.05 bits per heavy atom. The zero-order valence-corrected chi connectivity index (χ0v) is 12.8. The quantitative estimate of drug-likeness (QED) is 0.635. The SMILES string of the molecule is Cc1ccc(-n2cc(-c3ccccc3)cn2)c(CBr)c1. The largest absolute Gasteiger partial charge is 0.240 e. The molecule has 20 heavy (non-hydrogen) atoms. The molecule has 0 aliphatic heterocycles. The molecule has 2 nitrogen and oxygen atoms in total. The molecule has 1 aromatic heterocycles. The van der Waals surface area contributed by atoms with Gasteiger partial charge >= 0.3 is 0 Å². The Kier molecular flexibility index (Phi) is 3.70. The first-order valence-corrected chi connectivity index (χ1v) is 7.66. The molecule has 0 unspecified atom stereocenters. The molecule has 0 atom stereocenters. The Labute approximate surface area is 127 Å². The van der Waals surface area contributed by atoms with Gasteiger partial charge < -0.3 is 0 Å². The first-order valence-electron chi connectivity index (χ1n) is 6.54. The number of hydrogen-bond donors (Lipinski definition) is 0. The van der Waals surface area contributed by atoms with Crippen molar-refractivity contribution in [2.75, 3.05) is 0 Å². The Hall–Kier alpha value is -1.87. The summed E-state index contributed by atoms with van der Waals surface area (Å²) in [6.07, 6.45) is 3.99. The van der Waals surface area contributed by atoms with Crippen LogP contribution in [0.2, 0.25) is 0 Å². The van der Waals surface area contributed by atoms with Gasteiger partial charge in [0.15, 0.2) is 0 Å². The van der Waals surface area contributed by atoms with Gasteiger partial charge in [-0.3, -0.25) is 0 Å². The maximum Gasteiger partial charge on any atom is 0.0686 e. The van der Waals surface area contributed by atoms with Crippen LogP contribution in [-0.2, 0) is 5.33 Å². The van der Waals surface area contributed by atoms with Crippen molar-refractivity contribution >= 4 is 15.9 Å². The van der Waals surface area contributed by atoms with Gasteiger partial charge in [-0.1, -0.05) is 64.0 Å². The molecule has 0 N–H and O–H groups in total. The lowest BCUT2D eigenvalue weighted by molar-refractivity contribution is 0.871. The number of halogens is 1. The average molecular weight is 327 g/mol. The Balaban J connectivity index is 2.02. The molecular formula is C17H15BrN2. The van der Waals surface area contributed by atoms with E-state index in [1.807, 2.05) is 29.1 Å². The van der Waals surface area contributed by atoms with Gasteiger partial charge in [0.1, 0.15) is 0 Å². The van der Waals surface area contributed by atoms with E-state index in [0.717, 1.165) is 16.6 Å². The molecule has 0 saturated heterocycles. The van der Waals surface area contributed by atoms with Crippen LogP contribution >= 0.6 is 15.9 Å². The molecule has 0 aliphatic carbocycles. The van der Waals surface area contributed by atoms with Crippen molar-refractivity contribution < 1.29 is 0 Å². The summed E-state index contributed by atoms with van der Waals surface area (Å²) < 4.78 is 1.94. The molecular weight excluding hydrogens is 312 g/mol. The molecule has 3 rings (SSSR count). The highest BCUT2D eigenvalue weighted by atomic mass is 79.9. The van der Waals surface area contributed by atoms with E-state index in [2.05, 4.69) is 64.5 Å². The van der Waals surface area contributed by atoms with Crippen molar-refractivity contribution in [1.29, 1.82) is 0 Å². The summed E-state index contributed by atoms with van der Waals surface area (Å²) >= 11 is 3.55. The lowest BCUT2D eigenvalue weighted by Gasteiger charge is -2.08. The Morgan fingerprint density at radius 3 is 2.60 bits per heavy atom. The third-order valence-corrected chi connectivity index (χ3v) is 3.92. The van der Waals surface area contributed by atoms with Crippen LogP contribution < -0.4 is 0 Å². The van der Waals surface area contributed by atoms with Crippen LogP contribution in [0, 0.1) is 6.92 Å². The Bertz CT molecular complexity index is 717. The van der Waals surface area contributed by atoms with E-state index < -0.39 is 0 Å². The third kappa shape index (κ3) is 2.54. The second kappa shape index (κ2) is 5.63. The van der Waals surface area contributed by atoms with Gasteiger partial charge in [-0.2, -0.15) is 5.10 Å². The van der Waals surface area contributed by atoms with Crippen LogP contribution in [0.3, 0.4) is 0 Å². The average Bonchev–Trinajstić information content (AvgIpc) is 2.97. The monoisotopic (exact) mass is 326 g/mol. The topological polar surface area (TPSA) is 17.8 Å². The molecule has 3 aromatic rings. The predicted octanol–water partition coefficient (Wildman–Crippen LogP) is 4.74. The van der Waals surface area contributed by atoms with Gasteiger partial charge in [0.25, 0.3) is 0 Å². The van der Waals surface area contributed by atoms with Crippen LogP contribution in [0.15, 0.2) is 60.9 Å². The van der Waals surface area contributed by atoms with E-state index >= 15 is 0 Å². The van der Waals surface area contributed by atoms with E-state index in [1.54, 1.807) is 0 Å². The number of aromatic nitrogens is 2. The second-order valence-corrected chi connectivity index (χ2v) is 5.37. The molecule has 0 amide bonds. The maximum absolute atomic E-state index is 4.50. The fraction of sp³-hybridized carbons (Fsp3) is 0.118. The molecule has 0 bridgehead atoms. The first-order chi connectivity index (χ1) is 9.78. The normalized spacial score (nSPS) is 10.7. The zero-order valence-electron chi connectivity index (χ0n) is 11.3. The highest BCUT2D eigenvalue weighted by molar-refractivity contribution is 9.08. The predicted molar refractivity (Wildman–Crippen MR) is 86.4 cm³/mol. The fourth-order valence-electron chi connectivity index (χ4n) is 2.28. The summed E-state index contributed by atoms with van der Waals surface area (Å²) in [4.78, 5) is 0. The van der Waals surface area contributed by atoms with Gasteiger partial charge in [-0.25, -0.2) is 4.68 Å². The van der Waals surface area contributed by atoms with Crippen molar-refractivity contribution in [3.8, 4) is 16.8 Å². The van der Waals surface area contributed by atoms with E-state index in [4.69, 9.17) is 0 Å². The van der Waals surface area contributed by atoms with Crippen molar-refractivity contribution in [2.24, 2.45) is 0 Å². The lowest BCUT2D eigenvalue weighted by Crippen LogP contribution is -1.99. The van der Waals surface area contributed by atoms with Crippen molar-refractivity contribution in [2.45, 2.75) is 12.3 Å². The summed E-state index contributed by atoms with van der Waals surface area (Å²) in [5, 5.41) is 5.32. The van der Waals surface area contributed by atoms with Crippen LogP contribution in [-0.4, -0.2) is 9.78 Å². The minimum absolute atomic E-state index is 0.824. The minimum atomic E-state index is 0.824. The van der Waals surface area contributed by atoms with Gasteiger partial charge in [-0.15, -0.1) is 0 Å². The van der Waals surface area contributed by atoms with Gasteiger partial charge in [0.05, 0.1) is 11.9 Å². The molecule has 100 valence electrons.